The van der Waals surface area contributed by atoms with Crippen molar-refractivity contribution in [3.8, 4) is 5.82 Å². The Bertz CT molecular complexity index is 503. The number of nitrogens with one attached hydrogen (secondary N) is 1. The number of hydrogen-bond acceptors (Lipinski definition) is 4. The lowest BCUT2D eigenvalue weighted by Crippen LogP contribution is -2.04. The first-order chi connectivity index (χ1) is 7.61. The van der Waals surface area contributed by atoms with E-state index < -0.39 is 0 Å². The predicted octanol–water partition coefficient (Wildman–Crippen LogP) is 2.32. The molecule has 0 bridgehead atoms. The van der Waals surface area contributed by atoms with Crippen LogP contribution in [-0.4, -0.2) is 26.8 Å². The number of halogens is 2. The van der Waals surface area contributed by atoms with E-state index in [0.29, 0.717) is 21.8 Å². The molecule has 0 aliphatic rings. The molecule has 0 saturated carbocycles. The van der Waals surface area contributed by atoms with Crippen molar-refractivity contribution < 1.29 is 0 Å². The Labute approximate surface area is 102 Å². The highest BCUT2D eigenvalue weighted by atomic mass is 35.5. The molecule has 0 aliphatic heterocycles. The van der Waals surface area contributed by atoms with Crippen LogP contribution in [0.1, 0.15) is 5.69 Å². The molecule has 2 aromatic rings. The first-order valence-electron chi connectivity index (χ1n) is 4.54. The molecule has 0 aromatic carbocycles. The SMILES string of the molecule is CNc1ncc(Cl)c(-n2cc(Cl)c(C)n2)n1. The topological polar surface area (TPSA) is 55.6 Å². The highest BCUT2D eigenvalue weighted by molar-refractivity contribution is 6.32. The van der Waals surface area contributed by atoms with Crippen LogP contribution in [0.2, 0.25) is 10.0 Å². The number of rotatable bonds is 2. The molecular formula is C9H9Cl2N5. The van der Waals surface area contributed by atoms with Crippen molar-refractivity contribution in [3.05, 3.63) is 28.1 Å². The van der Waals surface area contributed by atoms with Gasteiger partial charge in [0.25, 0.3) is 0 Å². The van der Waals surface area contributed by atoms with Gasteiger partial charge >= 0.3 is 0 Å². The average molecular weight is 258 g/mol. The third-order valence-electron chi connectivity index (χ3n) is 2.01. The van der Waals surface area contributed by atoms with E-state index in [0.717, 1.165) is 5.69 Å². The Hall–Kier alpha value is -1.33. The summed E-state index contributed by atoms with van der Waals surface area (Å²) in [6.07, 6.45) is 3.17. The van der Waals surface area contributed by atoms with E-state index in [1.54, 1.807) is 13.2 Å². The maximum absolute atomic E-state index is 5.99. The van der Waals surface area contributed by atoms with Crippen molar-refractivity contribution in [2.45, 2.75) is 6.92 Å². The number of aromatic nitrogens is 4. The van der Waals surface area contributed by atoms with Crippen LogP contribution in [0, 0.1) is 6.92 Å². The Morgan fingerprint density at radius 2 is 2.06 bits per heavy atom. The summed E-state index contributed by atoms with van der Waals surface area (Å²) >= 11 is 11.9. The van der Waals surface area contributed by atoms with Crippen LogP contribution in [0.25, 0.3) is 5.82 Å². The second-order valence-electron chi connectivity index (χ2n) is 3.12. The van der Waals surface area contributed by atoms with Crippen LogP contribution < -0.4 is 5.32 Å². The molecule has 0 fully saturated rings. The minimum atomic E-state index is 0.415. The molecule has 7 heteroatoms. The summed E-state index contributed by atoms with van der Waals surface area (Å²) in [6, 6.07) is 0. The van der Waals surface area contributed by atoms with Crippen LogP contribution in [0.15, 0.2) is 12.4 Å². The second-order valence-corrected chi connectivity index (χ2v) is 3.94. The van der Waals surface area contributed by atoms with Crippen molar-refractivity contribution >= 4 is 29.2 Å². The molecule has 0 saturated heterocycles. The second kappa shape index (κ2) is 4.27. The van der Waals surface area contributed by atoms with Gasteiger partial charge in [-0.1, -0.05) is 23.2 Å². The van der Waals surface area contributed by atoms with Gasteiger partial charge in [0.2, 0.25) is 5.95 Å². The van der Waals surface area contributed by atoms with E-state index in [9.17, 15) is 0 Å². The zero-order valence-corrected chi connectivity index (χ0v) is 10.2. The zero-order chi connectivity index (χ0) is 11.7. The quantitative estimate of drug-likeness (QED) is 0.898. The molecule has 1 N–H and O–H groups in total. The minimum Gasteiger partial charge on any atom is -0.357 e. The van der Waals surface area contributed by atoms with Crippen molar-refractivity contribution in [2.24, 2.45) is 0 Å². The summed E-state index contributed by atoms with van der Waals surface area (Å²) in [5.41, 5.74) is 0.724. The summed E-state index contributed by atoms with van der Waals surface area (Å²) in [5.74, 6) is 0.972. The van der Waals surface area contributed by atoms with Gasteiger partial charge in [-0.3, -0.25) is 0 Å². The van der Waals surface area contributed by atoms with Crippen LogP contribution in [0.4, 0.5) is 5.95 Å². The summed E-state index contributed by atoms with van der Waals surface area (Å²) in [6.45, 7) is 1.81. The Kier molecular flexibility index (Phi) is 2.98. The first kappa shape index (κ1) is 11.2. The fourth-order valence-corrected chi connectivity index (χ4v) is 1.49. The lowest BCUT2D eigenvalue weighted by atomic mass is 10.5. The monoisotopic (exact) mass is 257 g/mol. The van der Waals surface area contributed by atoms with E-state index >= 15 is 0 Å². The maximum atomic E-state index is 5.99. The van der Waals surface area contributed by atoms with Crippen molar-refractivity contribution in [2.75, 3.05) is 12.4 Å². The van der Waals surface area contributed by atoms with Gasteiger partial charge < -0.3 is 5.32 Å². The van der Waals surface area contributed by atoms with Gasteiger partial charge in [0.15, 0.2) is 5.82 Å². The van der Waals surface area contributed by atoms with Crippen molar-refractivity contribution in [1.29, 1.82) is 0 Å². The largest absolute Gasteiger partial charge is 0.357 e. The van der Waals surface area contributed by atoms with E-state index in [1.165, 1.54) is 10.9 Å². The van der Waals surface area contributed by atoms with Gasteiger partial charge in [-0.2, -0.15) is 10.1 Å². The Morgan fingerprint density at radius 1 is 1.31 bits per heavy atom. The predicted molar refractivity (Wildman–Crippen MR) is 63.5 cm³/mol. The first-order valence-corrected chi connectivity index (χ1v) is 5.30. The lowest BCUT2D eigenvalue weighted by molar-refractivity contribution is 0.827. The van der Waals surface area contributed by atoms with Crippen molar-refractivity contribution in [1.82, 2.24) is 19.7 Å². The van der Waals surface area contributed by atoms with E-state index in [1.807, 2.05) is 6.92 Å². The van der Waals surface area contributed by atoms with Gasteiger partial charge in [-0.15, -0.1) is 0 Å². The Morgan fingerprint density at radius 3 is 2.62 bits per heavy atom. The summed E-state index contributed by atoms with van der Waals surface area (Å²) in [7, 11) is 1.73. The van der Waals surface area contributed by atoms with Crippen molar-refractivity contribution in [3.63, 3.8) is 0 Å². The zero-order valence-electron chi connectivity index (χ0n) is 8.70. The van der Waals surface area contributed by atoms with Gasteiger partial charge in [-0.05, 0) is 6.92 Å². The smallest absolute Gasteiger partial charge is 0.224 e. The lowest BCUT2D eigenvalue weighted by Gasteiger charge is -2.04. The summed E-state index contributed by atoms with van der Waals surface area (Å²) < 4.78 is 1.53. The van der Waals surface area contributed by atoms with Gasteiger partial charge in [-0.25, -0.2) is 9.67 Å². The molecule has 2 aromatic heterocycles. The Balaban J connectivity index is 2.54. The molecule has 0 amide bonds. The van der Waals surface area contributed by atoms with Crippen LogP contribution >= 0.6 is 23.2 Å². The number of hydrogen-bond donors (Lipinski definition) is 1. The normalized spacial score (nSPS) is 10.5. The average Bonchev–Trinajstić information content (AvgIpc) is 2.60. The van der Waals surface area contributed by atoms with Crippen LogP contribution in [0.3, 0.4) is 0 Å². The van der Waals surface area contributed by atoms with E-state index in [4.69, 9.17) is 23.2 Å². The van der Waals surface area contributed by atoms with Crippen LogP contribution in [-0.2, 0) is 0 Å². The molecule has 0 atom stereocenters. The van der Waals surface area contributed by atoms with Gasteiger partial charge in [0.05, 0.1) is 23.1 Å². The summed E-state index contributed by atoms with van der Waals surface area (Å²) in [4.78, 5) is 8.19. The molecular weight excluding hydrogens is 249 g/mol. The third kappa shape index (κ3) is 1.96. The maximum Gasteiger partial charge on any atom is 0.224 e. The molecule has 0 radical (unpaired) electrons. The van der Waals surface area contributed by atoms with E-state index in [-0.39, 0.29) is 0 Å². The van der Waals surface area contributed by atoms with Crippen LogP contribution in [0.5, 0.6) is 0 Å². The molecule has 5 nitrogen and oxygen atoms in total. The van der Waals surface area contributed by atoms with E-state index in [2.05, 4.69) is 20.4 Å². The molecule has 16 heavy (non-hydrogen) atoms. The molecule has 2 rings (SSSR count). The fraction of sp³-hybridized carbons (Fsp3) is 0.222. The number of anilines is 1. The molecule has 0 unspecified atom stereocenters. The number of aryl methyl sites for hydroxylation is 1. The summed E-state index contributed by atoms with van der Waals surface area (Å²) in [5, 5.41) is 8.01. The minimum absolute atomic E-state index is 0.415. The van der Waals surface area contributed by atoms with Gasteiger partial charge in [0.1, 0.15) is 5.02 Å². The number of nitrogens with zero attached hydrogens (tertiary/aromatic N) is 4. The highest BCUT2D eigenvalue weighted by Crippen LogP contribution is 2.21. The molecule has 84 valence electrons. The third-order valence-corrected chi connectivity index (χ3v) is 2.64. The molecule has 0 aliphatic carbocycles. The fourth-order valence-electron chi connectivity index (χ4n) is 1.19. The standard InChI is InChI=1S/C9H9Cl2N5/c1-5-7(11)4-16(15-5)8-6(10)3-13-9(12-2)14-8/h3-4H,1-2H3,(H,12,13,14). The van der Waals surface area contributed by atoms with Gasteiger partial charge in [0, 0.05) is 7.05 Å². The molecule has 2 heterocycles. The highest BCUT2D eigenvalue weighted by Gasteiger charge is 2.10. The molecule has 0 spiro atoms.